The summed E-state index contributed by atoms with van der Waals surface area (Å²) in [5.74, 6) is 1.99. The van der Waals surface area contributed by atoms with E-state index in [9.17, 15) is 5.11 Å². The Hall–Kier alpha value is -0.870. The number of hydrogen-bond donors (Lipinski definition) is 1. The van der Waals surface area contributed by atoms with Crippen LogP contribution in [0.1, 0.15) is 45.5 Å². The minimum Gasteiger partial charge on any atom is -0.393 e. The van der Waals surface area contributed by atoms with Gasteiger partial charge in [0.05, 0.1) is 6.10 Å². The quantitative estimate of drug-likeness (QED) is 0.853. The summed E-state index contributed by atoms with van der Waals surface area (Å²) in [6.07, 6.45) is 0.712. The summed E-state index contributed by atoms with van der Waals surface area (Å²) in [4.78, 5) is 11.4. The highest BCUT2D eigenvalue weighted by atomic mass is 35.5. The molecule has 1 fully saturated rings. The number of aliphatic hydroxyl groups excluding tert-OH is 1. The van der Waals surface area contributed by atoms with E-state index in [1.165, 1.54) is 0 Å². The summed E-state index contributed by atoms with van der Waals surface area (Å²) in [7, 11) is 0. The fourth-order valence-corrected chi connectivity index (χ4v) is 2.66. The zero-order valence-corrected chi connectivity index (χ0v) is 13.7. The van der Waals surface area contributed by atoms with E-state index >= 15 is 0 Å². The molecular formula is C15H24ClN3O. The molecule has 1 aliphatic heterocycles. The molecule has 1 aromatic rings. The Balaban J connectivity index is 2.35. The molecule has 5 heteroatoms. The first-order chi connectivity index (χ1) is 9.20. The minimum absolute atomic E-state index is 0.129. The molecule has 2 heterocycles. The van der Waals surface area contributed by atoms with Gasteiger partial charge in [-0.1, -0.05) is 32.4 Å². The first kappa shape index (κ1) is 15.5. The Kier molecular flexibility index (Phi) is 4.26. The largest absolute Gasteiger partial charge is 0.393 e. The van der Waals surface area contributed by atoms with Gasteiger partial charge in [-0.3, -0.25) is 0 Å². The van der Waals surface area contributed by atoms with Crippen LogP contribution in [-0.4, -0.2) is 34.3 Å². The van der Waals surface area contributed by atoms with Crippen LogP contribution in [0.3, 0.4) is 0 Å². The van der Waals surface area contributed by atoms with Crippen LogP contribution >= 0.6 is 11.6 Å². The molecule has 1 N–H and O–H groups in total. The topological polar surface area (TPSA) is 49.2 Å². The van der Waals surface area contributed by atoms with Crippen LogP contribution in [0.4, 0.5) is 5.82 Å². The number of nitrogens with zero attached hydrogens (tertiary/aromatic N) is 3. The van der Waals surface area contributed by atoms with Gasteiger partial charge in [-0.25, -0.2) is 9.97 Å². The van der Waals surface area contributed by atoms with Crippen LogP contribution < -0.4 is 4.90 Å². The monoisotopic (exact) mass is 297 g/mol. The van der Waals surface area contributed by atoms with Gasteiger partial charge < -0.3 is 10.0 Å². The van der Waals surface area contributed by atoms with Crippen molar-refractivity contribution in [1.82, 2.24) is 9.97 Å². The standard InChI is InChI=1S/C15H24ClN3O/c1-9-12(16)17-14(15(3,4)5)18-13(9)19-7-6-11(8-19)10(2)20/h10-11,20H,6-8H2,1-5H3. The van der Waals surface area contributed by atoms with E-state index in [1.807, 2.05) is 13.8 Å². The Labute approximate surface area is 126 Å². The molecule has 112 valence electrons. The van der Waals surface area contributed by atoms with E-state index in [0.29, 0.717) is 11.1 Å². The lowest BCUT2D eigenvalue weighted by molar-refractivity contribution is 0.136. The van der Waals surface area contributed by atoms with Crippen LogP contribution in [0.15, 0.2) is 0 Å². The smallest absolute Gasteiger partial charge is 0.137 e. The Morgan fingerprint density at radius 1 is 1.35 bits per heavy atom. The van der Waals surface area contributed by atoms with Gasteiger partial charge in [-0.15, -0.1) is 0 Å². The van der Waals surface area contributed by atoms with Crippen molar-refractivity contribution in [1.29, 1.82) is 0 Å². The van der Waals surface area contributed by atoms with Gasteiger partial charge in [-0.2, -0.15) is 0 Å². The fraction of sp³-hybridized carbons (Fsp3) is 0.733. The molecular weight excluding hydrogens is 274 g/mol. The van der Waals surface area contributed by atoms with Gasteiger partial charge in [0.1, 0.15) is 16.8 Å². The van der Waals surface area contributed by atoms with Crippen molar-refractivity contribution in [2.45, 2.75) is 52.6 Å². The van der Waals surface area contributed by atoms with Gasteiger partial charge in [0.2, 0.25) is 0 Å². The third-order valence-electron chi connectivity index (χ3n) is 3.94. The van der Waals surface area contributed by atoms with E-state index in [-0.39, 0.29) is 11.5 Å². The first-order valence-electron chi connectivity index (χ1n) is 7.17. The second-order valence-corrected chi connectivity index (χ2v) is 7.13. The molecule has 4 nitrogen and oxygen atoms in total. The van der Waals surface area contributed by atoms with Crippen molar-refractivity contribution >= 4 is 17.4 Å². The van der Waals surface area contributed by atoms with E-state index in [2.05, 4.69) is 30.7 Å². The molecule has 2 rings (SSSR count). The highest BCUT2D eigenvalue weighted by molar-refractivity contribution is 6.30. The number of hydrogen-bond acceptors (Lipinski definition) is 4. The third kappa shape index (κ3) is 3.07. The van der Waals surface area contributed by atoms with Crippen molar-refractivity contribution in [3.8, 4) is 0 Å². The molecule has 0 amide bonds. The average molecular weight is 298 g/mol. The van der Waals surface area contributed by atoms with Crippen LogP contribution in [-0.2, 0) is 5.41 Å². The minimum atomic E-state index is -0.278. The van der Waals surface area contributed by atoms with Gasteiger partial charge >= 0.3 is 0 Å². The predicted octanol–water partition coefficient (Wildman–Crippen LogP) is 2.94. The summed E-state index contributed by atoms with van der Waals surface area (Å²) in [5.41, 5.74) is 0.793. The molecule has 1 saturated heterocycles. The molecule has 1 aliphatic rings. The Bertz CT molecular complexity index is 497. The molecule has 0 spiro atoms. The number of aromatic nitrogens is 2. The highest BCUT2D eigenvalue weighted by Gasteiger charge is 2.29. The average Bonchev–Trinajstić information content (AvgIpc) is 2.80. The Morgan fingerprint density at radius 3 is 2.50 bits per heavy atom. The van der Waals surface area contributed by atoms with E-state index < -0.39 is 0 Å². The molecule has 0 saturated carbocycles. The maximum absolute atomic E-state index is 9.74. The van der Waals surface area contributed by atoms with E-state index in [4.69, 9.17) is 16.6 Å². The summed E-state index contributed by atoms with van der Waals surface area (Å²) in [6.45, 7) is 11.8. The lowest BCUT2D eigenvalue weighted by Gasteiger charge is -2.24. The zero-order chi connectivity index (χ0) is 15.1. The van der Waals surface area contributed by atoms with E-state index in [0.717, 1.165) is 36.7 Å². The molecule has 0 radical (unpaired) electrons. The lowest BCUT2D eigenvalue weighted by atomic mass is 9.95. The van der Waals surface area contributed by atoms with Crippen LogP contribution in [0.25, 0.3) is 0 Å². The van der Waals surface area contributed by atoms with Gasteiger partial charge in [-0.05, 0) is 20.3 Å². The van der Waals surface area contributed by atoms with E-state index in [1.54, 1.807) is 0 Å². The maximum atomic E-state index is 9.74. The van der Waals surface area contributed by atoms with Crippen LogP contribution in [0, 0.1) is 12.8 Å². The highest BCUT2D eigenvalue weighted by Crippen LogP contribution is 2.31. The van der Waals surface area contributed by atoms with Crippen molar-refractivity contribution in [3.63, 3.8) is 0 Å². The maximum Gasteiger partial charge on any atom is 0.137 e. The van der Waals surface area contributed by atoms with Crippen LogP contribution in [0.5, 0.6) is 0 Å². The number of halogens is 1. The predicted molar refractivity (Wildman–Crippen MR) is 82.5 cm³/mol. The van der Waals surface area contributed by atoms with Crippen molar-refractivity contribution < 1.29 is 5.11 Å². The van der Waals surface area contributed by atoms with Gasteiger partial charge in [0, 0.05) is 30.0 Å². The SMILES string of the molecule is Cc1c(Cl)nc(C(C)(C)C)nc1N1CCC(C(C)O)C1. The Morgan fingerprint density at radius 2 is 2.00 bits per heavy atom. The molecule has 2 unspecified atom stereocenters. The summed E-state index contributed by atoms with van der Waals surface area (Å²) < 4.78 is 0. The first-order valence-corrected chi connectivity index (χ1v) is 7.55. The zero-order valence-electron chi connectivity index (χ0n) is 12.9. The van der Waals surface area contributed by atoms with Crippen molar-refractivity contribution in [3.05, 3.63) is 16.5 Å². The summed E-state index contributed by atoms with van der Waals surface area (Å²) in [6, 6.07) is 0. The van der Waals surface area contributed by atoms with Gasteiger partial charge in [0.25, 0.3) is 0 Å². The van der Waals surface area contributed by atoms with Crippen LogP contribution in [0.2, 0.25) is 5.15 Å². The molecule has 0 aliphatic carbocycles. The molecule has 1 aromatic heterocycles. The van der Waals surface area contributed by atoms with Crippen molar-refractivity contribution in [2.24, 2.45) is 5.92 Å². The lowest BCUT2D eigenvalue weighted by Crippen LogP contribution is -2.27. The number of anilines is 1. The summed E-state index contributed by atoms with van der Waals surface area (Å²) >= 11 is 6.28. The summed E-state index contributed by atoms with van der Waals surface area (Å²) in [5, 5.41) is 10.3. The molecule has 20 heavy (non-hydrogen) atoms. The normalized spacial score (nSPS) is 21.4. The number of rotatable bonds is 2. The molecule has 0 aromatic carbocycles. The second kappa shape index (κ2) is 5.49. The second-order valence-electron chi connectivity index (χ2n) is 6.77. The molecule has 0 bridgehead atoms. The van der Waals surface area contributed by atoms with Crippen molar-refractivity contribution in [2.75, 3.05) is 18.0 Å². The molecule has 2 atom stereocenters. The number of aliphatic hydroxyl groups is 1. The third-order valence-corrected chi connectivity index (χ3v) is 4.31. The van der Waals surface area contributed by atoms with Gasteiger partial charge in [0.15, 0.2) is 0 Å². The fourth-order valence-electron chi connectivity index (χ4n) is 2.49.